The van der Waals surface area contributed by atoms with Crippen LogP contribution in [0.1, 0.15) is 12.0 Å². The van der Waals surface area contributed by atoms with Crippen LogP contribution in [0.2, 0.25) is 0 Å². The van der Waals surface area contributed by atoms with Crippen LogP contribution in [0.4, 0.5) is 0 Å². The van der Waals surface area contributed by atoms with Gasteiger partial charge in [0.25, 0.3) is 5.89 Å². The third kappa shape index (κ3) is 2.43. The number of nitrogens with zero attached hydrogens (tertiary/aromatic N) is 2. The topological polar surface area (TPSA) is 94.4 Å². The molecule has 0 amide bonds. The molecule has 17 heavy (non-hydrogen) atoms. The fourth-order valence-corrected chi connectivity index (χ4v) is 1.43. The molecule has 1 aromatic heterocycles. The molecule has 1 heterocycles. The maximum Gasteiger partial charge on any atom is 0.257 e. The number of methoxy groups -OCH3 is 1. The highest BCUT2D eigenvalue weighted by atomic mass is 16.5. The van der Waals surface area contributed by atoms with E-state index in [2.05, 4.69) is 10.1 Å². The molecule has 1 unspecified atom stereocenters. The summed E-state index contributed by atoms with van der Waals surface area (Å²) in [6.07, 6.45) is -0.409. The van der Waals surface area contributed by atoms with Gasteiger partial charge in [0.15, 0.2) is 0 Å². The first-order valence-corrected chi connectivity index (χ1v) is 5.10. The summed E-state index contributed by atoms with van der Waals surface area (Å²) in [7, 11) is 1.52. The number of hydrogen-bond acceptors (Lipinski definition) is 6. The van der Waals surface area contributed by atoms with Gasteiger partial charge < -0.3 is 20.1 Å². The Morgan fingerprint density at radius 3 is 3.00 bits per heavy atom. The standard InChI is InChI=1S/C11H13N3O3/c1-16-9(6-12)11-13-10(14-17-11)7-3-2-4-8(15)5-7/h2-5,9,15H,6,12H2,1H3. The van der Waals surface area contributed by atoms with Crippen LogP contribution in [0.25, 0.3) is 11.4 Å². The van der Waals surface area contributed by atoms with Gasteiger partial charge in [0.2, 0.25) is 5.82 Å². The molecule has 1 aromatic carbocycles. The predicted octanol–water partition coefficient (Wildman–Crippen LogP) is 1.09. The summed E-state index contributed by atoms with van der Waals surface area (Å²) in [5.41, 5.74) is 6.17. The van der Waals surface area contributed by atoms with Gasteiger partial charge in [0.1, 0.15) is 11.9 Å². The average Bonchev–Trinajstić information content (AvgIpc) is 2.80. The molecule has 90 valence electrons. The third-order valence-corrected chi connectivity index (χ3v) is 2.32. The molecule has 0 fully saturated rings. The molecule has 0 aliphatic rings. The van der Waals surface area contributed by atoms with Crippen LogP contribution < -0.4 is 5.73 Å². The molecule has 3 N–H and O–H groups in total. The lowest BCUT2D eigenvalue weighted by molar-refractivity contribution is 0.0804. The third-order valence-electron chi connectivity index (χ3n) is 2.32. The summed E-state index contributed by atoms with van der Waals surface area (Å²) >= 11 is 0. The Balaban J connectivity index is 2.29. The van der Waals surface area contributed by atoms with Crippen molar-refractivity contribution in [3.05, 3.63) is 30.2 Å². The normalized spacial score (nSPS) is 12.6. The molecular formula is C11H13N3O3. The summed E-state index contributed by atoms with van der Waals surface area (Å²) in [4.78, 5) is 4.17. The van der Waals surface area contributed by atoms with Gasteiger partial charge >= 0.3 is 0 Å². The van der Waals surface area contributed by atoms with E-state index < -0.39 is 6.10 Å². The Bertz CT molecular complexity index is 494. The number of hydrogen-bond donors (Lipinski definition) is 2. The molecule has 0 saturated heterocycles. The van der Waals surface area contributed by atoms with E-state index in [1.165, 1.54) is 7.11 Å². The van der Waals surface area contributed by atoms with Gasteiger partial charge in [-0.15, -0.1) is 0 Å². The highest BCUT2D eigenvalue weighted by Gasteiger charge is 2.17. The molecule has 0 radical (unpaired) electrons. The quantitative estimate of drug-likeness (QED) is 0.823. The van der Waals surface area contributed by atoms with Crippen molar-refractivity contribution in [2.45, 2.75) is 6.10 Å². The number of rotatable bonds is 4. The van der Waals surface area contributed by atoms with E-state index in [0.29, 0.717) is 17.3 Å². The van der Waals surface area contributed by atoms with Gasteiger partial charge in [0.05, 0.1) is 0 Å². The Kier molecular flexibility index (Phi) is 3.36. The largest absolute Gasteiger partial charge is 0.508 e. The first kappa shape index (κ1) is 11.6. The number of ether oxygens (including phenoxy) is 1. The van der Waals surface area contributed by atoms with Crippen molar-refractivity contribution < 1.29 is 14.4 Å². The number of aromatic hydroxyl groups is 1. The fourth-order valence-electron chi connectivity index (χ4n) is 1.43. The molecule has 0 saturated carbocycles. The van der Waals surface area contributed by atoms with E-state index in [1.54, 1.807) is 24.3 Å². The van der Waals surface area contributed by atoms with Crippen molar-refractivity contribution in [1.82, 2.24) is 10.1 Å². The molecule has 0 bridgehead atoms. The van der Waals surface area contributed by atoms with Crippen LogP contribution in [0.15, 0.2) is 28.8 Å². The maximum atomic E-state index is 9.35. The Labute approximate surface area is 98.0 Å². The number of aromatic nitrogens is 2. The zero-order valence-corrected chi connectivity index (χ0v) is 9.33. The smallest absolute Gasteiger partial charge is 0.257 e. The second-order valence-corrected chi connectivity index (χ2v) is 3.47. The molecule has 0 aliphatic carbocycles. The van der Waals surface area contributed by atoms with Crippen LogP contribution in [-0.2, 0) is 4.74 Å². The summed E-state index contributed by atoms with van der Waals surface area (Å²) < 4.78 is 10.1. The molecule has 1 atom stereocenters. The van der Waals surface area contributed by atoms with Gasteiger partial charge in [0, 0.05) is 19.2 Å². The SMILES string of the molecule is COC(CN)c1nc(-c2cccc(O)c2)no1. The van der Waals surface area contributed by atoms with Crippen molar-refractivity contribution in [3.63, 3.8) is 0 Å². The first-order valence-electron chi connectivity index (χ1n) is 5.10. The summed E-state index contributed by atoms with van der Waals surface area (Å²) in [6, 6.07) is 6.61. The molecule has 0 aliphatic heterocycles. The van der Waals surface area contributed by atoms with Crippen LogP contribution >= 0.6 is 0 Å². The summed E-state index contributed by atoms with van der Waals surface area (Å²) in [6.45, 7) is 0.262. The van der Waals surface area contributed by atoms with Crippen molar-refractivity contribution in [1.29, 1.82) is 0 Å². The number of benzene rings is 1. The Morgan fingerprint density at radius 1 is 1.53 bits per heavy atom. The second-order valence-electron chi connectivity index (χ2n) is 3.47. The van der Waals surface area contributed by atoms with Crippen molar-refractivity contribution >= 4 is 0 Å². The molecule has 0 spiro atoms. The maximum absolute atomic E-state index is 9.35. The van der Waals surface area contributed by atoms with Gasteiger partial charge in [-0.1, -0.05) is 17.3 Å². The lowest BCUT2D eigenvalue weighted by Gasteiger charge is -2.05. The van der Waals surface area contributed by atoms with Gasteiger partial charge in [-0.05, 0) is 12.1 Å². The zero-order chi connectivity index (χ0) is 12.3. The minimum Gasteiger partial charge on any atom is -0.508 e. The van der Waals surface area contributed by atoms with Crippen LogP contribution in [-0.4, -0.2) is 28.9 Å². The fraction of sp³-hybridized carbons (Fsp3) is 0.273. The average molecular weight is 235 g/mol. The van der Waals surface area contributed by atoms with Crippen LogP contribution in [0.5, 0.6) is 5.75 Å². The monoisotopic (exact) mass is 235 g/mol. The highest BCUT2D eigenvalue weighted by Crippen LogP contribution is 2.22. The Hall–Kier alpha value is -1.92. The van der Waals surface area contributed by atoms with E-state index in [9.17, 15) is 5.11 Å². The molecular weight excluding hydrogens is 222 g/mol. The minimum absolute atomic E-state index is 0.149. The predicted molar refractivity (Wildman–Crippen MR) is 60.2 cm³/mol. The number of phenolic OH excluding ortho intramolecular Hbond substituents is 1. The van der Waals surface area contributed by atoms with E-state index >= 15 is 0 Å². The zero-order valence-electron chi connectivity index (χ0n) is 9.33. The van der Waals surface area contributed by atoms with E-state index in [-0.39, 0.29) is 12.3 Å². The first-order chi connectivity index (χ1) is 8.24. The van der Waals surface area contributed by atoms with Crippen molar-refractivity contribution in [2.24, 2.45) is 5.73 Å². The van der Waals surface area contributed by atoms with Crippen LogP contribution in [0.3, 0.4) is 0 Å². The molecule has 2 aromatic rings. The van der Waals surface area contributed by atoms with Gasteiger partial charge in [-0.3, -0.25) is 0 Å². The lowest BCUT2D eigenvalue weighted by atomic mass is 10.2. The summed E-state index contributed by atoms with van der Waals surface area (Å²) in [5.74, 6) is 0.871. The van der Waals surface area contributed by atoms with E-state index in [1.807, 2.05) is 0 Å². The molecule has 6 heteroatoms. The lowest BCUT2D eigenvalue weighted by Crippen LogP contribution is -2.14. The van der Waals surface area contributed by atoms with Crippen molar-refractivity contribution in [3.8, 4) is 17.1 Å². The minimum atomic E-state index is -0.409. The highest BCUT2D eigenvalue weighted by molar-refractivity contribution is 5.56. The van der Waals surface area contributed by atoms with E-state index in [4.69, 9.17) is 15.0 Å². The molecule has 6 nitrogen and oxygen atoms in total. The van der Waals surface area contributed by atoms with Crippen LogP contribution in [0, 0.1) is 0 Å². The number of phenols is 1. The van der Waals surface area contributed by atoms with Gasteiger partial charge in [-0.25, -0.2) is 0 Å². The summed E-state index contributed by atoms with van der Waals surface area (Å²) in [5, 5.41) is 13.2. The van der Waals surface area contributed by atoms with Crippen molar-refractivity contribution in [2.75, 3.05) is 13.7 Å². The van der Waals surface area contributed by atoms with E-state index in [0.717, 1.165) is 0 Å². The number of nitrogens with two attached hydrogens (primary N) is 1. The second kappa shape index (κ2) is 4.94. The molecule has 2 rings (SSSR count). The van der Waals surface area contributed by atoms with Gasteiger partial charge in [-0.2, -0.15) is 4.98 Å². The Morgan fingerprint density at radius 2 is 2.35 bits per heavy atom.